The van der Waals surface area contributed by atoms with Gasteiger partial charge in [0.15, 0.2) is 0 Å². The zero-order chi connectivity index (χ0) is 18.0. The molecule has 3 aromatic rings. The van der Waals surface area contributed by atoms with Crippen molar-refractivity contribution in [1.29, 1.82) is 0 Å². The van der Waals surface area contributed by atoms with Crippen LogP contribution in [0.25, 0.3) is 0 Å². The van der Waals surface area contributed by atoms with E-state index in [4.69, 9.17) is 4.74 Å². The minimum atomic E-state index is -0.0169. The second-order valence-corrected chi connectivity index (χ2v) is 6.33. The number of rotatable bonds is 9. The van der Waals surface area contributed by atoms with Crippen LogP contribution >= 0.6 is 0 Å². The van der Waals surface area contributed by atoms with Gasteiger partial charge in [-0.05, 0) is 23.6 Å². The number of hydrogen-bond donors (Lipinski definition) is 2. The third kappa shape index (κ3) is 5.45. The summed E-state index contributed by atoms with van der Waals surface area (Å²) < 4.78 is 6.03. The summed E-state index contributed by atoms with van der Waals surface area (Å²) in [4.78, 5) is 0. The van der Waals surface area contributed by atoms with Crippen molar-refractivity contribution in [3.8, 4) is 5.75 Å². The SMILES string of the molecule is OCc1ccccc1OC[C@H](Cc1ccccc1)NCc1ccccc1. The lowest BCUT2D eigenvalue weighted by atomic mass is 10.1. The van der Waals surface area contributed by atoms with E-state index in [0.717, 1.165) is 24.3 Å². The molecule has 3 rings (SSSR count). The fourth-order valence-electron chi connectivity index (χ4n) is 2.91. The molecular weight excluding hydrogens is 322 g/mol. The van der Waals surface area contributed by atoms with E-state index in [-0.39, 0.29) is 12.6 Å². The molecular formula is C23H25NO2. The molecule has 3 heteroatoms. The Morgan fingerprint density at radius 2 is 1.38 bits per heavy atom. The lowest BCUT2D eigenvalue weighted by molar-refractivity contribution is 0.241. The summed E-state index contributed by atoms with van der Waals surface area (Å²) in [6.45, 7) is 1.32. The van der Waals surface area contributed by atoms with Crippen molar-refractivity contribution in [1.82, 2.24) is 5.32 Å². The van der Waals surface area contributed by atoms with Gasteiger partial charge in [0.05, 0.1) is 6.61 Å². The van der Waals surface area contributed by atoms with E-state index in [1.54, 1.807) is 0 Å². The van der Waals surface area contributed by atoms with Gasteiger partial charge >= 0.3 is 0 Å². The average molecular weight is 347 g/mol. The van der Waals surface area contributed by atoms with Gasteiger partial charge in [0.1, 0.15) is 12.4 Å². The highest BCUT2D eigenvalue weighted by atomic mass is 16.5. The predicted octanol–water partition coefficient (Wildman–Crippen LogP) is 3.96. The fourth-order valence-corrected chi connectivity index (χ4v) is 2.91. The highest BCUT2D eigenvalue weighted by Gasteiger charge is 2.12. The first-order valence-corrected chi connectivity index (χ1v) is 8.98. The summed E-state index contributed by atoms with van der Waals surface area (Å²) in [5.74, 6) is 0.745. The first-order chi connectivity index (χ1) is 12.8. The second-order valence-electron chi connectivity index (χ2n) is 6.33. The Hall–Kier alpha value is -2.62. The van der Waals surface area contributed by atoms with Gasteiger partial charge in [-0.1, -0.05) is 78.9 Å². The zero-order valence-corrected chi connectivity index (χ0v) is 14.8. The first-order valence-electron chi connectivity index (χ1n) is 8.98. The molecule has 134 valence electrons. The molecule has 0 heterocycles. The summed E-state index contributed by atoms with van der Waals surface area (Å²) in [6.07, 6.45) is 0.884. The first kappa shape index (κ1) is 18.2. The summed E-state index contributed by atoms with van der Waals surface area (Å²) >= 11 is 0. The quantitative estimate of drug-likeness (QED) is 0.616. The van der Waals surface area contributed by atoms with Crippen LogP contribution in [0.1, 0.15) is 16.7 Å². The number of nitrogens with one attached hydrogen (secondary N) is 1. The van der Waals surface area contributed by atoms with Crippen molar-refractivity contribution >= 4 is 0 Å². The molecule has 0 saturated carbocycles. The number of hydrogen-bond acceptors (Lipinski definition) is 3. The molecule has 0 spiro atoms. The molecule has 0 aliphatic heterocycles. The third-order valence-corrected chi connectivity index (χ3v) is 4.35. The molecule has 0 saturated heterocycles. The molecule has 0 fully saturated rings. The number of aliphatic hydroxyl groups is 1. The van der Waals surface area contributed by atoms with Gasteiger partial charge in [-0.2, -0.15) is 0 Å². The Balaban J connectivity index is 1.65. The number of para-hydroxylation sites is 1. The fraction of sp³-hybridized carbons (Fsp3) is 0.217. The molecule has 3 nitrogen and oxygen atoms in total. The normalized spacial score (nSPS) is 11.9. The maximum absolute atomic E-state index is 9.48. The molecule has 0 amide bonds. The van der Waals surface area contributed by atoms with Crippen LogP contribution in [0.4, 0.5) is 0 Å². The van der Waals surface area contributed by atoms with E-state index >= 15 is 0 Å². The van der Waals surface area contributed by atoms with Crippen molar-refractivity contribution in [2.75, 3.05) is 6.61 Å². The predicted molar refractivity (Wildman–Crippen MR) is 105 cm³/mol. The molecule has 0 aliphatic carbocycles. The van der Waals surface area contributed by atoms with Crippen molar-refractivity contribution in [3.63, 3.8) is 0 Å². The van der Waals surface area contributed by atoms with Crippen molar-refractivity contribution in [2.45, 2.75) is 25.6 Å². The van der Waals surface area contributed by atoms with Crippen LogP contribution in [0, 0.1) is 0 Å². The standard InChI is InChI=1S/C23H25NO2/c25-17-21-13-7-8-14-23(21)26-18-22(15-19-9-3-1-4-10-19)24-16-20-11-5-2-6-12-20/h1-14,22,24-25H,15-18H2/t22-/m0/s1. The Morgan fingerprint density at radius 1 is 0.769 bits per heavy atom. The highest BCUT2D eigenvalue weighted by Crippen LogP contribution is 2.18. The minimum Gasteiger partial charge on any atom is -0.492 e. The van der Waals surface area contributed by atoms with Crippen LogP contribution in [-0.2, 0) is 19.6 Å². The Labute approximate surface area is 155 Å². The van der Waals surface area contributed by atoms with Gasteiger partial charge in [-0.3, -0.25) is 0 Å². The van der Waals surface area contributed by atoms with Gasteiger partial charge in [-0.25, -0.2) is 0 Å². The summed E-state index contributed by atoms with van der Waals surface area (Å²) in [6, 6.07) is 28.6. The largest absolute Gasteiger partial charge is 0.492 e. The summed E-state index contributed by atoms with van der Waals surface area (Å²) in [5, 5.41) is 13.1. The van der Waals surface area contributed by atoms with E-state index in [2.05, 4.69) is 53.8 Å². The molecule has 0 aliphatic rings. The lowest BCUT2D eigenvalue weighted by Crippen LogP contribution is -2.36. The van der Waals surface area contributed by atoms with Crippen LogP contribution < -0.4 is 10.1 Å². The highest BCUT2D eigenvalue weighted by molar-refractivity contribution is 5.32. The summed E-state index contributed by atoms with van der Waals surface area (Å²) in [5.41, 5.74) is 3.34. The van der Waals surface area contributed by atoms with E-state index in [9.17, 15) is 5.11 Å². The zero-order valence-electron chi connectivity index (χ0n) is 14.8. The van der Waals surface area contributed by atoms with Gasteiger partial charge in [0.25, 0.3) is 0 Å². The van der Waals surface area contributed by atoms with Crippen molar-refractivity contribution < 1.29 is 9.84 Å². The van der Waals surface area contributed by atoms with E-state index < -0.39 is 0 Å². The topological polar surface area (TPSA) is 41.5 Å². The van der Waals surface area contributed by atoms with Crippen molar-refractivity contribution in [2.24, 2.45) is 0 Å². The Kier molecular flexibility index (Phi) is 6.82. The van der Waals surface area contributed by atoms with Gasteiger partial charge in [0, 0.05) is 18.2 Å². The summed E-state index contributed by atoms with van der Waals surface area (Å²) in [7, 11) is 0. The van der Waals surface area contributed by atoms with Crippen LogP contribution in [0.5, 0.6) is 5.75 Å². The van der Waals surface area contributed by atoms with E-state index in [1.165, 1.54) is 11.1 Å². The van der Waals surface area contributed by atoms with E-state index in [1.807, 2.05) is 36.4 Å². The van der Waals surface area contributed by atoms with Crippen LogP contribution in [-0.4, -0.2) is 17.8 Å². The molecule has 0 aromatic heterocycles. The maximum atomic E-state index is 9.48. The molecule has 0 unspecified atom stereocenters. The van der Waals surface area contributed by atoms with Gasteiger partial charge < -0.3 is 15.2 Å². The lowest BCUT2D eigenvalue weighted by Gasteiger charge is -2.20. The van der Waals surface area contributed by atoms with Crippen LogP contribution in [0.2, 0.25) is 0 Å². The molecule has 3 aromatic carbocycles. The molecule has 0 radical (unpaired) electrons. The minimum absolute atomic E-state index is 0.0169. The van der Waals surface area contributed by atoms with Crippen molar-refractivity contribution in [3.05, 3.63) is 102 Å². The average Bonchev–Trinajstić information content (AvgIpc) is 2.71. The second kappa shape index (κ2) is 9.76. The van der Waals surface area contributed by atoms with Gasteiger partial charge in [0.2, 0.25) is 0 Å². The van der Waals surface area contributed by atoms with Crippen LogP contribution in [0.15, 0.2) is 84.9 Å². The Bertz CT molecular complexity index is 774. The number of aliphatic hydroxyl groups excluding tert-OH is 1. The molecule has 1 atom stereocenters. The molecule has 2 N–H and O–H groups in total. The monoisotopic (exact) mass is 347 g/mol. The maximum Gasteiger partial charge on any atom is 0.124 e. The third-order valence-electron chi connectivity index (χ3n) is 4.35. The Morgan fingerprint density at radius 3 is 2.08 bits per heavy atom. The van der Waals surface area contributed by atoms with E-state index in [0.29, 0.717) is 6.61 Å². The van der Waals surface area contributed by atoms with Gasteiger partial charge in [-0.15, -0.1) is 0 Å². The number of ether oxygens (including phenoxy) is 1. The molecule has 26 heavy (non-hydrogen) atoms. The molecule has 0 bridgehead atoms. The van der Waals surface area contributed by atoms with Crippen LogP contribution in [0.3, 0.4) is 0 Å². The number of benzene rings is 3. The smallest absolute Gasteiger partial charge is 0.124 e.